The molecule has 0 fully saturated rings. The zero-order chi connectivity index (χ0) is 17.7. The summed E-state index contributed by atoms with van der Waals surface area (Å²) < 4.78 is 27.0. The SMILES string of the molecule is O=C(O)CCCN(c1cc(Cl)ccc1Cl)S(=O)(=O)c1ccccc1. The molecule has 1 N–H and O–H groups in total. The van der Waals surface area contributed by atoms with E-state index in [1.165, 1.54) is 24.3 Å². The van der Waals surface area contributed by atoms with Gasteiger partial charge in [-0.1, -0.05) is 41.4 Å². The third-order valence-corrected chi connectivity index (χ3v) is 5.64. The van der Waals surface area contributed by atoms with Crippen LogP contribution in [0.3, 0.4) is 0 Å². The van der Waals surface area contributed by atoms with Crippen LogP contribution in [0.1, 0.15) is 12.8 Å². The Morgan fingerprint density at radius 3 is 2.38 bits per heavy atom. The molecule has 24 heavy (non-hydrogen) atoms. The van der Waals surface area contributed by atoms with Crippen molar-refractivity contribution >= 4 is 44.9 Å². The molecule has 2 aromatic rings. The van der Waals surface area contributed by atoms with E-state index in [9.17, 15) is 13.2 Å². The fourth-order valence-corrected chi connectivity index (χ4v) is 4.11. The average Bonchev–Trinajstić information content (AvgIpc) is 2.54. The molecular weight excluding hydrogens is 373 g/mol. The molecule has 0 saturated carbocycles. The van der Waals surface area contributed by atoms with Gasteiger partial charge in [0.05, 0.1) is 15.6 Å². The minimum atomic E-state index is -3.89. The van der Waals surface area contributed by atoms with Crippen molar-refractivity contribution in [3.05, 3.63) is 58.6 Å². The van der Waals surface area contributed by atoms with Gasteiger partial charge < -0.3 is 5.11 Å². The lowest BCUT2D eigenvalue weighted by molar-refractivity contribution is -0.137. The van der Waals surface area contributed by atoms with Gasteiger partial charge in [0.15, 0.2) is 0 Å². The molecule has 2 rings (SSSR count). The standard InChI is InChI=1S/C16H15Cl2NO4S/c17-12-8-9-14(18)15(11-12)19(10-4-7-16(20)21)24(22,23)13-5-2-1-3-6-13/h1-3,5-6,8-9,11H,4,7,10H2,(H,20,21). The molecule has 5 nitrogen and oxygen atoms in total. The van der Waals surface area contributed by atoms with Crippen LogP contribution in [-0.2, 0) is 14.8 Å². The van der Waals surface area contributed by atoms with Gasteiger partial charge in [0, 0.05) is 18.0 Å². The van der Waals surface area contributed by atoms with E-state index in [0.717, 1.165) is 4.31 Å². The second-order valence-electron chi connectivity index (χ2n) is 4.98. The van der Waals surface area contributed by atoms with E-state index in [4.69, 9.17) is 28.3 Å². The molecular formula is C16H15Cl2NO4S. The fourth-order valence-electron chi connectivity index (χ4n) is 2.14. The Labute approximate surface area is 150 Å². The van der Waals surface area contributed by atoms with Crippen molar-refractivity contribution in [1.82, 2.24) is 0 Å². The number of nitrogens with zero attached hydrogens (tertiary/aromatic N) is 1. The van der Waals surface area contributed by atoms with Gasteiger partial charge in [0.1, 0.15) is 0 Å². The summed E-state index contributed by atoms with van der Waals surface area (Å²) >= 11 is 12.1. The van der Waals surface area contributed by atoms with Gasteiger partial charge in [-0.15, -0.1) is 0 Å². The zero-order valence-corrected chi connectivity index (χ0v) is 14.9. The van der Waals surface area contributed by atoms with E-state index >= 15 is 0 Å². The summed E-state index contributed by atoms with van der Waals surface area (Å²) in [6.07, 6.45) is -0.0107. The Morgan fingerprint density at radius 2 is 1.75 bits per heavy atom. The van der Waals surface area contributed by atoms with Gasteiger partial charge >= 0.3 is 5.97 Å². The summed E-state index contributed by atoms with van der Waals surface area (Å²) in [5, 5.41) is 9.35. The molecule has 0 aliphatic rings. The van der Waals surface area contributed by atoms with Gasteiger partial charge in [-0.3, -0.25) is 9.10 Å². The van der Waals surface area contributed by atoms with E-state index in [1.807, 2.05) is 0 Å². The maximum absolute atomic E-state index is 12.9. The number of carbonyl (C=O) groups is 1. The highest BCUT2D eigenvalue weighted by Gasteiger charge is 2.26. The summed E-state index contributed by atoms with van der Waals surface area (Å²) in [7, 11) is -3.89. The lowest BCUT2D eigenvalue weighted by Crippen LogP contribution is -2.32. The van der Waals surface area contributed by atoms with Crippen LogP contribution in [-0.4, -0.2) is 26.0 Å². The molecule has 0 heterocycles. The Morgan fingerprint density at radius 1 is 1.08 bits per heavy atom. The normalized spacial score (nSPS) is 11.2. The number of rotatable bonds is 7. The average molecular weight is 388 g/mol. The van der Waals surface area contributed by atoms with Crippen molar-refractivity contribution in [3.63, 3.8) is 0 Å². The summed E-state index contributed by atoms with van der Waals surface area (Å²) in [5.74, 6) is -0.996. The quantitative estimate of drug-likeness (QED) is 0.777. The summed E-state index contributed by atoms with van der Waals surface area (Å²) in [6.45, 7) is -0.0242. The van der Waals surface area contributed by atoms with Crippen LogP contribution in [0, 0.1) is 0 Å². The minimum absolute atomic E-state index is 0.0242. The Kier molecular flexibility index (Phi) is 6.10. The molecule has 0 aromatic heterocycles. The van der Waals surface area contributed by atoms with Gasteiger partial charge in [0.25, 0.3) is 10.0 Å². The smallest absolute Gasteiger partial charge is 0.303 e. The topological polar surface area (TPSA) is 74.7 Å². The number of carboxylic acids is 1. The van der Waals surface area contributed by atoms with Crippen LogP contribution >= 0.6 is 23.2 Å². The molecule has 0 radical (unpaired) electrons. The van der Waals surface area contributed by atoms with Crippen molar-refractivity contribution in [1.29, 1.82) is 0 Å². The minimum Gasteiger partial charge on any atom is -0.481 e. The molecule has 128 valence electrons. The Balaban J connectivity index is 2.46. The maximum Gasteiger partial charge on any atom is 0.303 e. The number of carboxylic acid groups (broad SMARTS) is 1. The third kappa shape index (κ3) is 4.41. The first-order valence-corrected chi connectivity index (χ1v) is 9.26. The van der Waals surface area contributed by atoms with E-state index in [-0.39, 0.29) is 35.0 Å². The lowest BCUT2D eigenvalue weighted by Gasteiger charge is -2.25. The second-order valence-corrected chi connectivity index (χ2v) is 7.69. The van der Waals surface area contributed by atoms with E-state index in [0.29, 0.717) is 5.02 Å². The first-order valence-electron chi connectivity index (χ1n) is 7.07. The first kappa shape index (κ1) is 18.6. The third-order valence-electron chi connectivity index (χ3n) is 3.26. The Bertz CT molecular complexity index is 825. The molecule has 0 bridgehead atoms. The molecule has 0 spiro atoms. The van der Waals surface area contributed by atoms with Crippen LogP contribution in [0.4, 0.5) is 5.69 Å². The number of halogens is 2. The van der Waals surface area contributed by atoms with E-state index < -0.39 is 16.0 Å². The zero-order valence-electron chi connectivity index (χ0n) is 12.5. The molecule has 0 unspecified atom stereocenters. The largest absolute Gasteiger partial charge is 0.481 e. The highest BCUT2D eigenvalue weighted by atomic mass is 35.5. The number of sulfonamides is 1. The number of aliphatic carboxylic acids is 1. The van der Waals surface area contributed by atoms with Crippen molar-refractivity contribution in [2.75, 3.05) is 10.8 Å². The first-order chi connectivity index (χ1) is 11.3. The predicted octanol–water partition coefficient (Wildman–Crippen LogP) is 4.05. The van der Waals surface area contributed by atoms with E-state index in [2.05, 4.69) is 0 Å². The highest BCUT2D eigenvalue weighted by Crippen LogP contribution is 2.33. The van der Waals surface area contributed by atoms with Crippen LogP contribution < -0.4 is 4.31 Å². The summed E-state index contributed by atoms with van der Waals surface area (Å²) in [4.78, 5) is 10.8. The molecule has 0 aliphatic heterocycles. The van der Waals surface area contributed by atoms with Crippen molar-refractivity contribution in [2.24, 2.45) is 0 Å². The fraction of sp³-hybridized carbons (Fsp3) is 0.188. The van der Waals surface area contributed by atoms with Crippen molar-refractivity contribution in [3.8, 4) is 0 Å². The lowest BCUT2D eigenvalue weighted by atomic mass is 10.3. The number of benzene rings is 2. The summed E-state index contributed by atoms with van der Waals surface area (Å²) in [6, 6.07) is 12.4. The van der Waals surface area contributed by atoms with Gasteiger partial charge in [0.2, 0.25) is 0 Å². The van der Waals surface area contributed by atoms with Crippen LogP contribution in [0.25, 0.3) is 0 Å². The molecule has 0 aliphatic carbocycles. The maximum atomic E-state index is 12.9. The molecule has 8 heteroatoms. The highest BCUT2D eigenvalue weighted by molar-refractivity contribution is 7.92. The molecule has 2 aromatic carbocycles. The van der Waals surface area contributed by atoms with Crippen molar-refractivity contribution < 1.29 is 18.3 Å². The summed E-state index contributed by atoms with van der Waals surface area (Å²) in [5.41, 5.74) is 0.221. The van der Waals surface area contributed by atoms with Gasteiger partial charge in [-0.05, 0) is 36.8 Å². The van der Waals surface area contributed by atoms with E-state index in [1.54, 1.807) is 24.3 Å². The number of hydrogen-bond donors (Lipinski definition) is 1. The number of anilines is 1. The molecule has 0 amide bonds. The van der Waals surface area contributed by atoms with Crippen molar-refractivity contribution in [2.45, 2.75) is 17.7 Å². The monoisotopic (exact) mass is 387 g/mol. The Hall–Kier alpha value is -1.76. The van der Waals surface area contributed by atoms with Gasteiger partial charge in [-0.25, -0.2) is 8.42 Å². The van der Waals surface area contributed by atoms with Gasteiger partial charge in [-0.2, -0.15) is 0 Å². The van der Waals surface area contributed by atoms with Crippen LogP contribution in [0.2, 0.25) is 10.0 Å². The second kappa shape index (κ2) is 7.88. The predicted molar refractivity (Wildman–Crippen MR) is 94.3 cm³/mol. The van der Waals surface area contributed by atoms with Crippen LogP contribution in [0.15, 0.2) is 53.4 Å². The number of hydrogen-bond acceptors (Lipinski definition) is 3. The molecule has 0 saturated heterocycles. The van der Waals surface area contributed by atoms with Crippen LogP contribution in [0.5, 0.6) is 0 Å². The molecule has 0 atom stereocenters.